The lowest BCUT2D eigenvalue weighted by molar-refractivity contribution is -0.630. The molecule has 0 heterocycles. The predicted molar refractivity (Wildman–Crippen MR) is 59.9 cm³/mol. The van der Waals surface area contributed by atoms with Crippen molar-refractivity contribution in [2.75, 3.05) is 6.54 Å². The fraction of sp³-hybridized carbons (Fsp3) is 0.0909. The van der Waals surface area contributed by atoms with E-state index < -0.39 is 17.5 Å². The van der Waals surface area contributed by atoms with E-state index in [2.05, 4.69) is 0 Å². The topological polar surface area (TPSA) is 80.5 Å². The third-order valence-corrected chi connectivity index (χ3v) is 1.88. The number of benzene rings is 1. The molecule has 0 N–H and O–H groups in total. The third kappa shape index (κ3) is 3.86. The summed E-state index contributed by atoms with van der Waals surface area (Å²) < 4.78 is 0. The maximum absolute atomic E-state index is 11.4. The summed E-state index contributed by atoms with van der Waals surface area (Å²) in [6.45, 7) is -0.690. The molecule has 1 aromatic rings. The summed E-state index contributed by atoms with van der Waals surface area (Å²) in [6.07, 6.45) is 3.78. The Balaban J connectivity index is 2.73. The average Bonchev–Trinajstić information content (AvgIpc) is 2.34. The van der Waals surface area contributed by atoms with Crippen LogP contribution < -0.4 is 0 Å². The van der Waals surface area contributed by atoms with Crippen LogP contribution in [0.25, 0.3) is 6.08 Å². The Morgan fingerprint density at radius 3 is 2.59 bits per heavy atom. The van der Waals surface area contributed by atoms with E-state index in [1.807, 2.05) is 6.07 Å². The fourth-order valence-corrected chi connectivity index (χ4v) is 1.09. The van der Waals surface area contributed by atoms with Crippen molar-refractivity contribution in [3.05, 3.63) is 52.1 Å². The Kier molecular flexibility index (Phi) is 4.56. The second-order valence-electron chi connectivity index (χ2n) is 3.02. The van der Waals surface area contributed by atoms with Crippen molar-refractivity contribution in [2.45, 2.75) is 0 Å². The van der Waals surface area contributed by atoms with Crippen LogP contribution in [0.1, 0.15) is 5.56 Å². The standard InChI is InChI=1S/C11H9N2O4/c14-9-8-12(13(16)17)11(15)7-6-10-4-2-1-3-5-10/h1-7H,8H2/b7-6+. The van der Waals surface area contributed by atoms with E-state index in [0.717, 1.165) is 11.6 Å². The number of hydrazine groups is 1. The molecule has 0 atom stereocenters. The fourth-order valence-electron chi connectivity index (χ4n) is 1.09. The van der Waals surface area contributed by atoms with Crippen LogP contribution in [0, 0.1) is 10.1 Å². The first-order chi connectivity index (χ1) is 8.15. The lowest BCUT2D eigenvalue weighted by atomic mass is 10.2. The van der Waals surface area contributed by atoms with Gasteiger partial charge in [0.1, 0.15) is 0 Å². The smallest absolute Gasteiger partial charge is 0.288 e. The normalized spacial score (nSPS) is 10.1. The minimum absolute atomic E-state index is 0.187. The minimum atomic E-state index is -0.942. The van der Waals surface area contributed by atoms with Crippen LogP contribution in [0.5, 0.6) is 0 Å². The molecule has 0 aromatic heterocycles. The highest BCUT2D eigenvalue weighted by Gasteiger charge is 2.21. The zero-order valence-electron chi connectivity index (χ0n) is 8.78. The minimum Gasteiger partial charge on any atom is -0.288 e. The van der Waals surface area contributed by atoms with Crippen molar-refractivity contribution in [2.24, 2.45) is 0 Å². The van der Waals surface area contributed by atoms with E-state index in [0.29, 0.717) is 0 Å². The number of amides is 1. The molecule has 0 aliphatic rings. The van der Waals surface area contributed by atoms with E-state index in [4.69, 9.17) is 0 Å². The van der Waals surface area contributed by atoms with E-state index >= 15 is 0 Å². The largest absolute Gasteiger partial charge is 0.307 e. The predicted octanol–water partition coefficient (Wildman–Crippen LogP) is 0.830. The van der Waals surface area contributed by atoms with Crippen molar-refractivity contribution in [1.82, 2.24) is 5.01 Å². The van der Waals surface area contributed by atoms with Crippen molar-refractivity contribution in [3.63, 3.8) is 0 Å². The van der Waals surface area contributed by atoms with Gasteiger partial charge in [-0.3, -0.25) is 9.59 Å². The molecule has 1 radical (unpaired) electrons. The molecule has 17 heavy (non-hydrogen) atoms. The van der Waals surface area contributed by atoms with Crippen LogP contribution >= 0.6 is 0 Å². The van der Waals surface area contributed by atoms with Gasteiger partial charge in [-0.2, -0.15) is 0 Å². The molecule has 0 unspecified atom stereocenters. The van der Waals surface area contributed by atoms with Crippen LogP contribution in [0.3, 0.4) is 0 Å². The van der Waals surface area contributed by atoms with Gasteiger partial charge in [-0.1, -0.05) is 30.3 Å². The zero-order valence-corrected chi connectivity index (χ0v) is 8.78. The van der Waals surface area contributed by atoms with Crippen molar-refractivity contribution in [1.29, 1.82) is 0 Å². The molecule has 0 saturated heterocycles. The third-order valence-electron chi connectivity index (χ3n) is 1.88. The molecular formula is C11H9N2O4. The van der Waals surface area contributed by atoms with Crippen LogP contribution in [0.15, 0.2) is 36.4 Å². The van der Waals surface area contributed by atoms with Crippen molar-refractivity contribution >= 4 is 18.3 Å². The first-order valence-corrected chi connectivity index (χ1v) is 4.69. The van der Waals surface area contributed by atoms with E-state index in [9.17, 15) is 19.7 Å². The summed E-state index contributed by atoms with van der Waals surface area (Å²) in [6, 6.07) is 8.84. The van der Waals surface area contributed by atoms with Gasteiger partial charge >= 0.3 is 5.91 Å². The Labute approximate surface area is 97.3 Å². The molecule has 1 aromatic carbocycles. The zero-order chi connectivity index (χ0) is 12.7. The second kappa shape index (κ2) is 6.16. The number of hydrogen-bond donors (Lipinski definition) is 0. The Morgan fingerprint density at radius 1 is 1.41 bits per heavy atom. The van der Waals surface area contributed by atoms with E-state index in [1.165, 1.54) is 12.4 Å². The molecule has 1 amide bonds. The summed E-state index contributed by atoms with van der Waals surface area (Å²) in [5.41, 5.74) is 0.735. The molecule has 6 nitrogen and oxygen atoms in total. The number of hydrogen-bond acceptors (Lipinski definition) is 4. The highest BCUT2D eigenvalue weighted by Crippen LogP contribution is 2.02. The Bertz CT molecular complexity index is 442. The second-order valence-corrected chi connectivity index (χ2v) is 3.02. The molecule has 6 heteroatoms. The Morgan fingerprint density at radius 2 is 2.06 bits per heavy atom. The van der Waals surface area contributed by atoms with Gasteiger partial charge in [-0.05, 0) is 16.6 Å². The highest BCUT2D eigenvalue weighted by molar-refractivity contribution is 5.91. The molecule has 0 aliphatic carbocycles. The number of nitrogens with zero attached hydrogens (tertiary/aromatic N) is 2. The highest BCUT2D eigenvalue weighted by atomic mass is 16.7. The summed E-state index contributed by atoms with van der Waals surface area (Å²) in [5, 5.41) is 9.69. The maximum Gasteiger partial charge on any atom is 0.307 e. The number of rotatable bonds is 5. The molecule has 87 valence electrons. The van der Waals surface area contributed by atoms with Gasteiger partial charge < -0.3 is 0 Å². The Hall–Kier alpha value is -2.50. The van der Waals surface area contributed by atoms with Crippen LogP contribution in [-0.4, -0.2) is 28.8 Å². The lowest BCUT2D eigenvalue weighted by Crippen LogP contribution is -2.36. The molecular weight excluding hydrogens is 224 g/mol. The van der Waals surface area contributed by atoms with Gasteiger partial charge in [0.25, 0.3) is 0 Å². The molecule has 0 fully saturated rings. The van der Waals surface area contributed by atoms with Crippen LogP contribution in [0.4, 0.5) is 0 Å². The quantitative estimate of drug-likeness (QED) is 0.428. The summed E-state index contributed by atoms with van der Waals surface area (Å²) >= 11 is 0. The van der Waals surface area contributed by atoms with Gasteiger partial charge in [-0.25, -0.2) is 10.1 Å². The average molecular weight is 233 g/mol. The van der Waals surface area contributed by atoms with Gasteiger partial charge in [0.05, 0.1) is 0 Å². The van der Waals surface area contributed by atoms with E-state index in [1.54, 1.807) is 24.3 Å². The number of carbonyl (C=O) groups is 1. The number of nitro groups is 1. The maximum atomic E-state index is 11.4. The monoisotopic (exact) mass is 233 g/mol. The summed E-state index contributed by atoms with van der Waals surface area (Å²) in [4.78, 5) is 31.9. The summed E-state index contributed by atoms with van der Waals surface area (Å²) in [5.74, 6) is -0.873. The molecule has 0 aliphatic heterocycles. The molecule has 0 bridgehead atoms. The van der Waals surface area contributed by atoms with Gasteiger partial charge in [0.15, 0.2) is 11.6 Å². The van der Waals surface area contributed by atoms with Gasteiger partial charge in [0, 0.05) is 6.08 Å². The van der Waals surface area contributed by atoms with Gasteiger partial charge in [-0.15, -0.1) is 0 Å². The van der Waals surface area contributed by atoms with Crippen molar-refractivity contribution in [3.8, 4) is 0 Å². The van der Waals surface area contributed by atoms with E-state index in [-0.39, 0.29) is 5.01 Å². The SMILES string of the molecule is O=[C]CN(C(=O)/C=C/c1ccccc1)[N+](=O)[O-]. The number of carbonyl (C=O) groups excluding carboxylic acids is 2. The van der Waals surface area contributed by atoms with Crippen LogP contribution in [0.2, 0.25) is 0 Å². The first kappa shape index (κ1) is 12.6. The lowest BCUT2D eigenvalue weighted by Gasteiger charge is -2.05. The molecule has 1 rings (SSSR count). The first-order valence-electron chi connectivity index (χ1n) is 4.69. The molecule has 0 saturated carbocycles. The summed E-state index contributed by atoms with van der Waals surface area (Å²) in [7, 11) is 0. The van der Waals surface area contributed by atoms with Crippen LogP contribution in [-0.2, 0) is 9.59 Å². The van der Waals surface area contributed by atoms with Crippen molar-refractivity contribution < 1.29 is 14.6 Å². The van der Waals surface area contributed by atoms with Gasteiger partial charge in [0.2, 0.25) is 6.29 Å². The molecule has 0 spiro atoms.